The van der Waals surface area contributed by atoms with Gasteiger partial charge in [0.15, 0.2) is 0 Å². The first-order valence-electron chi connectivity index (χ1n) is 25.9. The first-order chi connectivity index (χ1) is 39.8. The molecule has 2 rings (SSSR count). The van der Waals surface area contributed by atoms with Crippen molar-refractivity contribution in [3.8, 4) is 0 Å². The van der Waals surface area contributed by atoms with Gasteiger partial charge in [-0.25, -0.2) is 14.8 Å². The molecule has 37 heteroatoms. The van der Waals surface area contributed by atoms with E-state index in [9.17, 15) is 97.5 Å². The van der Waals surface area contributed by atoms with E-state index in [1.807, 2.05) is 5.32 Å². The summed E-state index contributed by atoms with van der Waals surface area (Å²) < 4.78 is 0. The highest BCUT2D eigenvalue weighted by atomic mass is 16.4. The number of hydrogen-bond acceptors (Lipinski definition) is 20. The Morgan fingerprint density at radius 1 is 0.471 bits per heavy atom. The average molecular weight is 1210 g/mol. The topological polar surface area (TPSA) is 615 Å². The lowest BCUT2D eigenvalue weighted by molar-refractivity contribution is -0.144. The first-order valence-corrected chi connectivity index (χ1v) is 25.9. The molecule has 0 aliphatic rings. The van der Waals surface area contributed by atoms with Crippen LogP contribution in [0.1, 0.15) is 89.9 Å². The van der Waals surface area contributed by atoms with Crippen LogP contribution in [0.2, 0.25) is 0 Å². The Morgan fingerprint density at radius 2 is 0.847 bits per heavy atom. The molecule has 0 fully saturated rings. The van der Waals surface area contributed by atoms with Gasteiger partial charge in [-0.2, -0.15) is 0 Å². The summed E-state index contributed by atoms with van der Waals surface area (Å²) in [6, 6.07) is -18.4. The smallest absolute Gasteiger partial charge is 0.326 e. The van der Waals surface area contributed by atoms with Crippen LogP contribution in [0.5, 0.6) is 0 Å². The molecule has 0 spiro atoms. The number of aliphatic hydroxyl groups is 2. The molecule has 11 atom stereocenters. The number of aromatic nitrogens is 4. The van der Waals surface area contributed by atoms with Gasteiger partial charge in [0.1, 0.15) is 54.4 Å². The highest BCUT2D eigenvalue weighted by Gasteiger charge is 2.38. The number of carboxylic acid groups (broad SMARTS) is 5. The molecule has 0 saturated heterocycles. The Morgan fingerprint density at radius 3 is 1.25 bits per heavy atom. The van der Waals surface area contributed by atoms with Crippen LogP contribution in [0, 0.1) is 5.92 Å². The van der Waals surface area contributed by atoms with Crippen molar-refractivity contribution in [3.05, 3.63) is 36.4 Å². The Bertz CT molecular complexity index is 2690. The zero-order valence-electron chi connectivity index (χ0n) is 46.0. The predicted molar refractivity (Wildman–Crippen MR) is 282 cm³/mol. The molecule has 0 saturated carbocycles. The second kappa shape index (κ2) is 35.4. The Hall–Kier alpha value is -9.65. The lowest BCUT2D eigenvalue weighted by Gasteiger charge is -2.28. The monoisotopic (exact) mass is 1210 g/mol. The molecular weight excluding hydrogens is 1140 g/mol. The number of carbonyl (C=O) groups is 15. The third kappa shape index (κ3) is 26.4. The van der Waals surface area contributed by atoms with Crippen LogP contribution >= 0.6 is 0 Å². The second-order valence-electron chi connectivity index (χ2n) is 19.6. The summed E-state index contributed by atoms with van der Waals surface area (Å²) in [5.74, 6) is -20.6. The van der Waals surface area contributed by atoms with Crippen LogP contribution in [0.15, 0.2) is 25.0 Å². The number of carbonyl (C=O) groups excluding carboxylic acids is 10. The highest BCUT2D eigenvalue weighted by molar-refractivity contribution is 6.00. The van der Waals surface area contributed by atoms with Gasteiger partial charge in [0.25, 0.3) is 0 Å². The minimum atomic E-state index is -2.18. The van der Waals surface area contributed by atoms with E-state index < -0.39 is 226 Å². The van der Waals surface area contributed by atoms with E-state index in [4.69, 9.17) is 21.7 Å². The molecule has 2 aromatic heterocycles. The largest absolute Gasteiger partial charge is 0.481 e. The Labute approximate surface area is 481 Å². The fourth-order valence-electron chi connectivity index (χ4n) is 7.63. The van der Waals surface area contributed by atoms with Crippen LogP contribution in [0.3, 0.4) is 0 Å². The van der Waals surface area contributed by atoms with Gasteiger partial charge >= 0.3 is 29.8 Å². The van der Waals surface area contributed by atoms with E-state index in [-0.39, 0.29) is 24.2 Å². The zero-order valence-corrected chi connectivity index (χ0v) is 46.0. The number of carboxylic acids is 5. The van der Waals surface area contributed by atoms with Crippen LogP contribution in [-0.2, 0) is 84.8 Å². The number of primary amides is 1. The van der Waals surface area contributed by atoms with Crippen molar-refractivity contribution in [2.24, 2.45) is 17.4 Å². The molecule has 470 valence electrons. The standard InChI is InChI=1S/C48H71N15O22/c1-20(2)10-27(41(77)56-26(48(84)85)6-9-35(69)70)57-44(80)30(13-36(71)72)61-45(81)31(14-37(73)74)60-43(79)29(12-23-16-52-19-54-23)59-42(78)28(11-22-15-51-18-53-22)58-40(76)25(5-7-33(50)66)55-46(82)32(17-64)62-47(83)38(21(3)65)63-39(75)24(49)4-8-34(67)68/h15-16,18-21,24-32,38,64-65H,4-14,17,49H2,1-3H3,(H2,50,66)(H,51,53)(H,52,54)(H,55,82)(H,56,77)(H,57,80)(H,58,76)(H,59,78)(H,60,79)(H,61,81)(H,62,83)(H,63,75)(H,67,68)(H,69,70)(H,71,72)(H,73,74)(H,84,85)/t21-,24+,25+,26+,27+,28+,29+,30+,31+,32+,38+/m1/s1. The SMILES string of the molecule is CC(C)C[C@H](NC(=O)[C@H](CC(=O)O)NC(=O)[C@H](CC(=O)O)NC(=O)[C@H](Cc1c[nH]cn1)NC(=O)[C@H](Cc1c[nH]cn1)NC(=O)[C@H](CCC(N)=O)NC(=O)[C@H](CO)NC(=O)[C@@H](NC(=O)[C@@H](N)CCC(=O)O)[C@@H](C)O)C(=O)N[C@@H](CCC(=O)O)C(=O)O. The minimum Gasteiger partial charge on any atom is -0.481 e. The Balaban J connectivity index is 2.49. The molecule has 2 heterocycles. The fraction of sp³-hybridized carbons (Fsp3) is 0.562. The minimum absolute atomic E-state index is 0.0588. The maximum atomic E-state index is 14.4. The van der Waals surface area contributed by atoms with E-state index in [0.29, 0.717) is 0 Å². The first kappa shape index (κ1) is 71.5. The quantitative estimate of drug-likeness (QED) is 0.0295. The molecule has 22 N–H and O–H groups in total. The summed E-state index contributed by atoms with van der Waals surface area (Å²) >= 11 is 0. The number of hydrogen-bond donors (Lipinski definition) is 20. The van der Waals surface area contributed by atoms with Gasteiger partial charge in [0, 0.05) is 44.5 Å². The maximum Gasteiger partial charge on any atom is 0.326 e. The normalized spacial score (nSPS) is 14.9. The van der Waals surface area contributed by atoms with Crippen LogP contribution < -0.4 is 59.3 Å². The summed E-state index contributed by atoms with van der Waals surface area (Å²) in [7, 11) is 0. The molecule has 0 aliphatic heterocycles. The average Bonchev–Trinajstić information content (AvgIpc) is 4.32. The van der Waals surface area contributed by atoms with Gasteiger partial charge in [-0.05, 0) is 38.5 Å². The van der Waals surface area contributed by atoms with E-state index in [1.54, 1.807) is 13.8 Å². The number of nitrogens with two attached hydrogens (primary N) is 2. The lowest BCUT2D eigenvalue weighted by Crippen LogP contribution is -2.62. The number of H-pyrrole nitrogens is 2. The Kier molecular flexibility index (Phi) is 29.7. The van der Waals surface area contributed by atoms with Gasteiger partial charge in [-0.1, -0.05) is 13.8 Å². The molecule has 0 radical (unpaired) electrons. The molecule has 85 heavy (non-hydrogen) atoms. The predicted octanol–water partition coefficient (Wildman–Crippen LogP) is -7.94. The molecule has 37 nitrogen and oxygen atoms in total. The lowest BCUT2D eigenvalue weighted by atomic mass is 10.0. The number of aliphatic hydroxyl groups excluding tert-OH is 2. The van der Waals surface area contributed by atoms with Crippen LogP contribution in [0.25, 0.3) is 0 Å². The summed E-state index contributed by atoms with van der Waals surface area (Å²) in [5, 5.41) is 87.1. The molecule has 2 aromatic rings. The number of nitrogens with zero attached hydrogens (tertiary/aromatic N) is 2. The van der Waals surface area contributed by atoms with Crippen molar-refractivity contribution in [2.45, 2.75) is 158 Å². The number of nitrogens with one attached hydrogen (secondary N) is 11. The van der Waals surface area contributed by atoms with E-state index >= 15 is 0 Å². The zero-order chi connectivity index (χ0) is 64.2. The van der Waals surface area contributed by atoms with E-state index in [2.05, 4.69) is 62.5 Å². The van der Waals surface area contributed by atoms with Crippen molar-refractivity contribution in [3.63, 3.8) is 0 Å². The second-order valence-corrected chi connectivity index (χ2v) is 19.6. The van der Waals surface area contributed by atoms with Crippen molar-refractivity contribution in [1.82, 2.24) is 67.8 Å². The van der Waals surface area contributed by atoms with Gasteiger partial charge in [-0.3, -0.25) is 67.1 Å². The number of amides is 10. The molecule has 0 bridgehead atoms. The number of aliphatic carboxylic acids is 5. The number of rotatable bonds is 40. The summed E-state index contributed by atoms with van der Waals surface area (Å²) in [4.78, 5) is 206. The molecular formula is C48H71N15O22. The van der Waals surface area contributed by atoms with Crippen LogP contribution in [-0.4, -0.2) is 218 Å². The number of aromatic amines is 2. The van der Waals surface area contributed by atoms with Crippen molar-refractivity contribution in [2.75, 3.05) is 6.61 Å². The van der Waals surface area contributed by atoms with Crippen molar-refractivity contribution < 1.29 is 108 Å². The van der Waals surface area contributed by atoms with Gasteiger partial charge in [0.2, 0.25) is 59.1 Å². The van der Waals surface area contributed by atoms with Gasteiger partial charge in [-0.15, -0.1) is 0 Å². The van der Waals surface area contributed by atoms with Gasteiger partial charge in [0.05, 0.1) is 55.6 Å². The molecule has 0 unspecified atom stereocenters. The van der Waals surface area contributed by atoms with Crippen LogP contribution in [0.4, 0.5) is 0 Å². The third-order valence-electron chi connectivity index (χ3n) is 12.0. The number of imidazole rings is 2. The third-order valence-corrected chi connectivity index (χ3v) is 12.0. The van der Waals surface area contributed by atoms with E-state index in [1.165, 1.54) is 25.0 Å². The summed E-state index contributed by atoms with van der Waals surface area (Å²) in [5.41, 5.74) is 11.2. The van der Waals surface area contributed by atoms with Gasteiger partial charge < -0.3 is 105 Å². The van der Waals surface area contributed by atoms with Crippen molar-refractivity contribution in [1.29, 1.82) is 0 Å². The van der Waals surface area contributed by atoms with E-state index in [0.717, 1.165) is 6.92 Å². The summed E-state index contributed by atoms with van der Waals surface area (Å²) in [6.45, 7) is 3.05. The molecule has 0 aromatic carbocycles. The molecule has 0 aliphatic carbocycles. The molecule has 10 amide bonds. The highest BCUT2D eigenvalue weighted by Crippen LogP contribution is 2.11. The fourth-order valence-corrected chi connectivity index (χ4v) is 7.63. The maximum absolute atomic E-state index is 14.4. The summed E-state index contributed by atoms with van der Waals surface area (Å²) in [6.07, 6.45) is -3.84. The van der Waals surface area contributed by atoms with Crippen molar-refractivity contribution >= 4 is 88.9 Å².